The third-order valence-electron chi connectivity index (χ3n) is 2.25. The fourth-order valence-electron chi connectivity index (χ4n) is 1.55. The van der Waals surface area contributed by atoms with Crippen LogP contribution in [0.25, 0.3) is 10.9 Å². The minimum Gasteiger partial charge on any atom is -0.391 e. The molecule has 0 radical (unpaired) electrons. The van der Waals surface area contributed by atoms with Crippen molar-refractivity contribution in [2.45, 2.75) is 6.61 Å². The minimum atomic E-state index is -0.524. The van der Waals surface area contributed by atoms with Crippen LogP contribution in [0.4, 0.5) is 5.69 Å². The van der Waals surface area contributed by atoms with Gasteiger partial charge in [0.1, 0.15) is 5.15 Å². The van der Waals surface area contributed by atoms with E-state index in [9.17, 15) is 10.1 Å². The Hall–Kier alpha value is -1.72. The predicted octanol–water partition coefficient (Wildman–Crippen LogP) is 2.29. The van der Waals surface area contributed by atoms with Crippen LogP contribution in [0.1, 0.15) is 5.56 Å². The molecule has 1 aromatic heterocycles. The van der Waals surface area contributed by atoms with Crippen molar-refractivity contribution in [2.24, 2.45) is 0 Å². The van der Waals surface area contributed by atoms with Gasteiger partial charge in [-0.05, 0) is 24.3 Å². The zero-order valence-corrected chi connectivity index (χ0v) is 8.81. The average Bonchev–Trinajstić information content (AvgIpc) is 2.26. The number of hydrogen-bond donors (Lipinski definition) is 1. The predicted molar refractivity (Wildman–Crippen MR) is 59.3 cm³/mol. The summed E-state index contributed by atoms with van der Waals surface area (Å²) in [5.74, 6) is 0. The van der Waals surface area contributed by atoms with Gasteiger partial charge < -0.3 is 5.11 Å². The molecule has 5 nitrogen and oxygen atoms in total. The lowest BCUT2D eigenvalue weighted by atomic mass is 10.1. The number of aliphatic hydroxyl groups is 1. The summed E-state index contributed by atoms with van der Waals surface area (Å²) in [6.45, 7) is -0.380. The summed E-state index contributed by atoms with van der Waals surface area (Å²) in [5.41, 5.74) is 0.585. The summed E-state index contributed by atoms with van der Waals surface area (Å²) < 4.78 is 0. The standard InChI is InChI=1S/C10H7ClN2O3/c11-9-4-2-7-8(12-9)3-1-6(5-14)10(7)13(15)16/h1-4,14H,5H2. The monoisotopic (exact) mass is 238 g/mol. The number of nitro benzene ring substituents is 1. The smallest absolute Gasteiger partial charge is 0.284 e. The van der Waals surface area contributed by atoms with E-state index in [2.05, 4.69) is 4.98 Å². The molecule has 1 N–H and O–H groups in total. The highest BCUT2D eigenvalue weighted by Crippen LogP contribution is 2.29. The first-order valence-electron chi connectivity index (χ1n) is 4.47. The van der Waals surface area contributed by atoms with Gasteiger partial charge in [-0.15, -0.1) is 0 Å². The Kier molecular flexibility index (Phi) is 2.72. The van der Waals surface area contributed by atoms with Gasteiger partial charge in [0, 0.05) is 0 Å². The summed E-state index contributed by atoms with van der Waals surface area (Å²) >= 11 is 5.69. The van der Waals surface area contributed by atoms with Crippen LogP contribution in [0.2, 0.25) is 5.15 Å². The van der Waals surface area contributed by atoms with E-state index in [1.807, 2.05) is 0 Å². The lowest BCUT2D eigenvalue weighted by molar-refractivity contribution is -0.384. The first-order chi connectivity index (χ1) is 7.63. The van der Waals surface area contributed by atoms with Crippen molar-refractivity contribution in [3.8, 4) is 0 Å². The van der Waals surface area contributed by atoms with Crippen molar-refractivity contribution in [1.82, 2.24) is 4.98 Å². The highest BCUT2D eigenvalue weighted by molar-refractivity contribution is 6.29. The molecule has 82 valence electrons. The van der Waals surface area contributed by atoms with Gasteiger partial charge in [-0.1, -0.05) is 11.6 Å². The maximum atomic E-state index is 10.9. The Morgan fingerprint density at radius 1 is 1.38 bits per heavy atom. The van der Waals surface area contributed by atoms with Gasteiger partial charge in [0.2, 0.25) is 0 Å². The average molecular weight is 239 g/mol. The van der Waals surface area contributed by atoms with E-state index in [-0.39, 0.29) is 23.0 Å². The molecule has 0 unspecified atom stereocenters. The number of halogens is 1. The molecule has 6 heteroatoms. The lowest BCUT2D eigenvalue weighted by Crippen LogP contribution is -1.97. The SMILES string of the molecule is O=[N+]([O-])c1c(CO)ccc2nc(Cl)ccc12. The molecule has 0 spiro atoms. The maximum Gasteiger partial charge on any atom is 0.284 e. The second-order valence-electron chi connectivity index (χ2n) is 3.19. The summed E-state index contributed by atoms with van der Waals surface area (Å²) in [5, 5.41) is 20.6. The molecule has 0 atom stereocenters. The molecular weight excluding hydrogens is 232 g/mol. The van der Waals surface area contributed by atoms with Gasteiger partial charge >= 0.3 is 0 Å². The summed E-state index contributed by atoms with van der Waals surface area (Å²) in [4.78, 5) is 14.4. The lowest BCUT2D eigenvalue weighted by Gasteiger charge is -2.03. The zero-order chi connectivity index (χ0) is 11.7. The summed E-state index contributed by atoms with van der Waals surface area (Å²) in [6.07, 6.45) is 0. The molecule has 0 saturated carbocycles. The maximum absolute atomic E-state index is 10.9. The van der Waals surface area contributed by atoms with E-state index in [1.165, 1.54) is 18.2 Å². The van der Waals surface area contributed by atoms with Crippen LogP contribution in [0.15, 0.2) is 24.3 Å². The van der Waals surface area contributed by atoms with Crippen LogP contribution < -0.4 is 0 Å². The summed E-state index contributed by atoms with van der Waals surface area (Å²) in [6, 6.07) is 6.09. The quantitative estimate of drug-likeness (QED) is 0.495. The van der Waals surface area contributed by atoms with Gasteiger partial charge in [-0.3, -0.25) is 10.1 Å². The Morgan fingerprint density at radius 3 is 2.75 bits per heavy atom. The van der Waals surface area contributed by atoms with Crippen LogP contribution in [0.5, 0.6) is 0 Å². The van der Waals surface area contributed by atoms with Crippen LogP contribution in [-0.2, 0) is 6.61 Å². The molecular formula is C10H7ClN2O3. The van der Waals surface area contributed by atoms with Crippen molar-refractivity contribution < 1.29 is 10.0 Å². The van der Waals surface area contributed by atoms with E-state index in [1.54, 1.807) is 6.07 Å². The number of benzene rings is 1. The number of hydrogen-bond acceptors (Lipinski definition) is 4. The van der Waals surface area contributed by atoms with Crippen LogP contribution >= 0.6 is 11.6 Å². The molecule has 16 heavy (non-hydrogen) atoms. The number of nitro groups is 1. The zero-order valence-electron chi connectivity index (χ0n) is 8.05. The fourth-order valence-corrected chi connectivity index (χ4v) is 1.71. The number of aliphatic hydroxyl groups excluding tert-OH is 1. The van der Waals surface area contributed by atoms with E-state index < -0.39 is 4.92 Å². The van der Waals surface area contributed by atoms with Gasteiger partial charge in [-0.2, -0.15) is 0 Å². The minimum absolute atomic E-state index is 0.121. The molecule has 0 saturated heterocycles. The van der Waals surface area contributed by atoms with Gasteiger partial charge in [0.15, 0.2) is 0 Å². The third kappa shape index (κ3) is 1.70. The molecule has 0 aliphatic rings. The highest BCUT2D eigenvalue weighted by atomic mass is 35.5. The van der Waals surface area contributed by atoms with Crippen molar-refractivity contribution in [3.05, 3.63) is 45.1 Å². The van der Waals surface area contributed by atoms with Crippen molar-refractivity contribution in [2.75, 3.05) is 0 Å². The number of pyridine rings is 1. The number of aromatic nitrogens is 1. The van der Waals surface area contributed by atoms with E-state index in [0.29, 0.717) is 10.9 Å². The van der Waals surface area contributed by atoms with Crippen LogP contribution in [0.3, 0.4) is 0 Å². The Balaban J connectivity index is 2.84. The number of fused-ring (bicyclic) bond motifs is 1. The molecule has 1 aromatic carbocycles. The topological polar surface area (TPSA) is 76.3 Å². The largest absolute Gasteiger partial charge is 0.391 e. The van der Waals surface area contributed by atoms with Crippen molar-refractivity contribution in [3.63, 3.8) is 0 Å². The molecule has 0 aliphatic heterocycles. The number of nitrogens with zero attached hydrogens (tertiary/aromatic N) is 2. The van der Waals surface area contributed by atoms with Crippen molar-refractivity contribution >= 4 is 28.2 Å². The molecule has 1 heterocycles. The molecule has 0 bridgehead atoms. The van der Waals surface area contributed by atoms with Gasteiger partial charge in [0.05, 0.1) is 28.0 Å². The molecule has 0 fully saturated rings. The van der Waals surface area contributed by atoms with Gasteiger partial charge in [0.25, 0.3) is 5.69 Å². The molecule has 2 aromatic rings. The first kappa shape index (κ1) is 10.8. The van der Waals surface area contributed by atoms with Gasteiger partial charge in [-0.25, -0.2) is 4.98 Å². The molecule has 0 aliphatic carbocycles. The number of rotatable bonds is 2. The molecule has 2 rings (SSSR count). The third-order valence-corrected chi connectivity index (χ3v) is 2.46. The first-order valence-corrected chi connectivity index (χ1v) is 4.84. The van der Waals surface area contributed by atoms with E-state index in [0.717, 1.165) is 0 Å². The highest BCUT2D eigenvalue weighted by Gasteiger charge is 2.18. The Morgan fingerprint density at radius 2 is 2.12 bits per heavy atom. The second kappa shape index (κ2) is 4.03. The summed E-state index contributed by atoms with van der Waals surface area (Å²) in [7, 11) is 0. The van der Waals surface area contributed by atoms with E-state index >= 15 is 0 Å². The normalized spacial score (nSPS) is 10.6. The van der Waals surface area contributed by atoms with E-state index in [4.69, 9.17) is 16.7 Å². The van der Waals surface area contributed by atoms with Crippen molar-refractivity contribution in [1.29, 1.82) is 0 Å². The second-order valence-corrected chi connectivity index (χ2v) is 3.58. The Labute approximate surface area is 95.4 Å². The Bertz CT molecular complexity index is 571. The van der Waals surface area contributed by atoms with Crippen LogP contribution in [0, 0.1) is 10.1 Å². The fraction of sp³-hybridized carbons (Fsp3) is 0.100. The molecule has 0 amide bonds. The van der Waals surface area contributed by atoms with Crippen LogP contribution in [-0.4, -0.2) is 15.0 Å².